The van der Waals surface area contributed by atoms with Crippen LogP contribution in [-0.2, 0) is 16.7 Å². The Bertz CT molecular complexity index is 670. The number of fused-ring (bicyclic) bond motifs is 2. The maximum Gasteiger partial charge on any atom is 0.213 e. The minimum Gasteiger partial charge on any atom is -0.443 e. The SMILES string of the molecule is CN=C(NCc1ncc(C(C)(C)C)o1)NC1C2CCOC2C12CCCC2. The summed E-state index contributed by atoms with van der Waals surface area (Å²) in [4.78, 5) is 8.83. The number of hydrogen-bond acceptors (Lipinski definition) is 4. The number of oxazole rings is 1. The van der Waals surface area contributed by atoms with Crippen LogP contribution in [0.2, 0.25) is 0 Å². The summed E-state index contributed by atoms with van der Waals surface area (Å²) >= 11 is 0. The van der Waals surface area contributed by atoms with Crippen LogP contribution in [0.1, 0.15) is 64.5 Å². The first-order chi connectivity index (χ1) is 12.4. The van der Waals surface area contributed by atoms with Gasteiger partial charge in [0.1, 0.15) is 5.76 Å². The number of aromatic nitrogens is 1. The molecule has 0 radical (unpaired) electrons. The third kappa shape index (κ3) is 2.92. The van der Waals surface area contributed by atoms with E-state index in [-0.39, 0.29) is 5.41 Å². The zero-order valence-electron chi connectivity index (χ0n) is 16.5. The van der Waals surface area contributed by atoms with E-state index in [1.165, 1.54) is 25.7 Å². The third-order valence-electron chi connectivity index (χ3n) is 6.50. The molecule has 2 aliphatic carbocycles. The van der Waals surface area contributed by atoms with E-state index in [4.69, 9.17) is 9.15 Å². The molecule has 0 aromatic carbocycles. The molecule has 144 valence electrons. The van der Waals surface area contributed by atoms with Crippen molar-refractivity contribution in [3.63, 3.8) is 0 Å². The van der Waals surface area contributed by atoms with Crippen LogP contribution in [-0.4, -0.2) is 36.7 Å². The summed E-state index contributed by atoms with van der Waals surface area (Å²) in [6.07, 6.45) is 8.64. The van der Waals surface area contributed by atoms with Crippen LogP contribution in [0.25, 0.3) is 0 Å². The van der Waals surface area contributed by atoms with E-state index >= 15 is 0 Å². The van der Waals surface area contributed by atoms with E-state index in [1.807, 2.05) is 13.2 Å². The van der Waals surface area contributed by atoms with Crippen molar-refractivity contribution in [3.8, 4) is 0 Å². The van der Waals surface area contributed by atoms with Gasteiger partial charge in [-0.3, -0.25) is 4.99 Å². The fourth-order valence-electron chi connectivity index (χ4n) is 5.14. The molecule has 3 aliphatic rings. The van der Waals surface area contributed by atoms with Crippen molar-refractivity contribution in [2.24, 2.45) is 16.3 Å². The van der Waals surface area contributed by atoms with Gasteiger partial charge in [-0.15, -0.1) is 0 Å². The Balaban J connectivity index is 1.38. The van der Waals surface area contributed by atoms with Gasteiger partial charge in [0.05, 0.1) is 18.8 Å². The van der Waals surface area contributed by atoms with Crippen molar-refractivity contribution < 1.29 is 9.15 Å². The third-order valence-corrected chi connectivity index (χ3v) is 6.50. The fraction of sp³-hybridized carbons (Fsp3) is 0.800. The van der Waals surface area contributed by atoms with Crippen molar-refractivity contribution in [2.45, 2.75) is 77.0 Å². The van der Waals surface area contributed by atoms with E-state index in [2.05, 4.69) is 41.4 Å². The lowest BCUT2D eigenvalue weighted by Crippen LogP contribution is -2.69. The van der Waals surface area contributed by atoms with Crippen LogP contribution in [0.5, 0.6) is 0 Å². The molecule has 2 heterocycles. The van der Waals surface area contributed by atoms with Gasteiger partial charge in [0.15, 0.2) is 5.96 Å². The predicted molar refractivity (Wildman–Crippen MR) is 101 cm³/mol. The molecule has 6 heteroatoms. The molecule has 1 spiro atoms. The van der Waals surface area contributed by atoms with Gasteiger partial charge in [0, 0.05) is 36.4 Å². The van der Waals surface area contributed by atoms with Gasteiger partial charge >= 0.3 is 0 Å². The Hall–Kier alpha value is -1.56. The summed E-state index contributed by atoms with van der Waals surface area (Å²) in [5.41, 5.74) is 0.296. The maximum atomic E-state index is 6.07. The molecule has 2 saturated carbocycles. The Labute approximate surface area is 156 Å². The molecule has 1 aromatic rings. The summed E-state index contributed by atoms with van der Waals surface area (Å²) in [7, 11) is 1.83. The number of guanidine groups is 1. The van der Waals surface area contributed by atoms with Crippen molar-refractivity contribution in [1.29, 1.82) is 0 Å². The quantitative estimate of drug-likeness (QED) is 0.640. The Kier molecular flexibility index (Phi) is 4.49. The number of rotatable bonds is 3. The molecule has 0 bridgehead atoms. The van der Waals surface area contributed by atoms with Crippen molar-refractivity contribution in [1.82, 2.24) is 15.6 Å². The molecule has 3 atom stereocenters. The van der Waals surface area contributed by atoms with Gasteiger partial charge in [-0.05, 0) is 19.3 Å². The summed E-state index contributed by atoms with van der Waals surface area (Å²) in [5, 5.41) is 7.08. The highest BCUT2D eigenvalue weighted by Gasteiger charge is 2.65. The number of hydrogen-bond donors (Lipinski definition) is 2. The molecule has 0 amide bonds. The molecule has 4 rings (SSSR count). The summed E-state index contributed by atoms with van der Waals surface area (Å²) in [6.45, 7) is 7.84. The summed E-state index contributed by atoms with van der Waals surface area (Å²) in [6, 6.07) is 0.471. The second kappa shape index (κ2) is 6.55. The van der Waals surface area contributed by atoms with Crippen LogP contribution in [0.4, 0.5) is 0 Å². The molecule has 6 nitrogen and oxygen atoms in total. The molecule has 1 aromatic heterocycles. The fourth-order valence-corrected chi connectivity index (χ4v) is 5.14. The van der Waals surface area contributed by atoms with Gasteiger partial charge in [-0.25, -0.2) is 4.98 Å². The predicted octanol–water partition coefficient (Wildman–Crippen LogP) is 2.98. The maximum absolute atomic E-state index is 6.07. The standard InChI is InChI=1S/C20H32N4O2/c1-19(2,3)14-11-22-15(26-14)12-23-18(21-4)24-16-13-7-10-25-17(13)20(16)8-5-6-9-20/h11,13,16-17H,5-10,12H2,1-4H3,(H2,21,23,24). The number of nitrogens with one attached hydrogen (secondary N) is 2. The number of nitrogens with zero attached hydrogens (tertiary/aromatic N) is 2. The average molecular weight is 361 g/mol. The Morgan fingerprint density at radius 2 is 2.12 bits per heavy atom. The smallest absolute Gasteiger partial charge is 0.213 e. The number of ether oxygens (including phenoxy) is 1. The van der Waals surface area contributed by atoms with Crippen LogP contribution >= 0.6 is 0 Å². The lowest BCUT2D eigenvalue weighted by molar-refractivity contribution is -0.125. The molecular formula is C20H32N4O2. The first-order valence-corrected chi connectivity index (χ1v) is 9.98. The van der Waals surface area contributed by atoms with Gasteiger partial charge in [0.25, 0.3) is 0 Å². The lowest BCUT2D eigenvalue weighted by Gasteiger charge is -2.57. The lowest BCUT2D eigenvalue weighted by atomic mass is 9.54. The topological polar surface area (TPSA) is 71.7 Å². The van der Waals surface area contributed by atoms with E-state index in [0.29, 0.717) is 35.9 Å². The molecular weight excluding hydrogens is 328 g/mol. The highest BCUT2D eigenvalue weighted by atomic mass is 16.5. The largest absolute Gasteiger partial charge is 0.443 e. The van der Waals surface area contributed by atoms with E-state index < -0.39 is 0 Å². The second-order valence-electron chi connectivity index (χ2n) is 9.10. The molecule has 1 saturated heterocycles. The molecule has 3 unspecified atom stereocenters. The Morgan fingerprint density at radius 3 is 2.77 bits per heavy atom. The zero-order chi connectivity index (χ0) is 18.4. The van der Waals surface area contributed by atoms with Gasteiger partial charge in [-0.2, -0.15) is 0 Å². The molecule has 1 aliphatic heterocycles. The van der Waals surface area contributed by atoms with Gasteiger partial charge in [0.2, 0.25) is 5.89 Å². The zero-order valence-corrected chi connectivity index (χ0v) is 16.5. The van der Waals surface area contributed by atoms with E-state index in [9.17, 15) is 0 Å². The average Bonchev–Trinajstić information content (AvgIpc) is 3.33. The van der Waals surface area contributed by atoms with Gasteiger partial charge in [-0.1, -0.05) is 33.6 Å². The van der Waals surface area contributed by atoms with Gasteiger partial charge < -0.3 is 19.8 Å². The van der Waals surface area contributed by atoms with Crippen LogP contribution < -0.4 is 10.6 Å². The van der Waals surface area contributed by atoms with Crippen LogP contribution in [0.15, 0.2) is 15.6 Å². The summed E-state index contributed by atoms with van der Waals surface area (Å²) < 4.78 is 11.9. The first-order valence-electron chi connectivity index (χ1n) is 9.98. The normalized spacial score (nSPS) is 30.3. The highest BCUT2D eigenvalue weighted by Crippen LogP contribution is 2.60. The number of aliphatic imine (C=N–C) groups is 1. The van der Waals surface area contributed by atoms with E-state index in [0.717, 1.165) is 24.7 Å². The second-order valence-corrected chi connectivity index (χ2v) is 9.10. The first kappa shape index (κ1) is 17.8. The van der Waals surface area contributed by atoms with Crippen molar-refractivity contribution >= 4 is 5.96 Å². The highest BCUT2D eigenvalue weighted by molar-refractivity contribution is 5.80. The van der Waals surface area contributed by atoms with E-state index in [1.54, 1.807) is 0 Å². The molecule has 26 heavy (non-hydrogen) atoms. The molecule has 2 N–H and O–H groups in total. The minimum absolute atomic E-state index is 0.0244. The Morgan fingerprint density at radius 1 is 1.35 bits per heavy atom. The monoisotopic (exact) mass is 360 g/mol. The molecule has 3 fully saturated rings. The minimum atomic E-state index is -0.0244. The van der Waals surface area contributed by atoms with Crippen LogP contribution in [0.3, 0.4) is 0 Å². The summed E-state index contributed by atoms with van der Waals surface area (Å²) in [5.74, 6) is 3.07. The van der Waals surface area contributed by atoms with Crippen molar-refractivity contribution in [3.05, 3.63) is 17.8 Å². The van der Waals surface area contributed by atoms with Crippen molar-refractivity contribution in [2.75, 3.05) is 13.7 Å². The van der Waals surface area contributed by atoms with Crippen LogP contribution in [0, 0.1) is 11.3 Å².